The number of hydrogen-bond donors (Lipinski definition) is 3. The van der Waals surface area contributed by atoms with E-state index in [0.29, 0.717) is 30.4 Å². The maximum absolute atomic E-state index is 12.9. The van der Waals surface area contributed by atoms with Crippen LogP contribution < -0.4 is 5.32 Å². The first-order valence-corrected chi connectivity index (χ1v) is 11.9. The summed E-state index contributed by atoms with van der Waals surface area (Å²) >= 11 is 2.01. The highest BCUT2D eigenvalue weighted by Gasteiger charge is 2.46. The molecule has 9 nitrogen and oxygen atoms in total. The van der Waals surface area contributed by atoms with Crippen molar-refractivity contribution in [2.45, 2.75) is 50.3 Å². The van der Waals surface area contributed by atoms with Gasteiger partial charge in [0.1, 0.15) is 11.4 Å². The molecule has 0 saturated carbocycles. The van der Waals surface area contributed by atoms with Gasteiger partial charge < -0.3 is 15.5 Å². The Morgan fingerprint density at radius 3 is 2.59 bits per heavy atom. The van der Waals surface area contributed by atoms with Crippen LogP contribution in [0, 0.1) is 6.92 Å². The monoisotopic (exact) mass is 462 g/mol. The molecule has 1 aromatic heterocycles. The molecule has 4 rings (SSSR count). The molecule has 0 unspecified atom stereocenters. The Bertz CT molecular complexity index is 874. The lowest BCUT2D eigenvalue weighted by atomic mass is 9.77. The highest BCUT2D eigenvalue weighted by molar-refractivity contribution is 7.99. The Balaban J connectivity index is 0.000000913. The van der Waals surface area contributed by atoms with E-state index in [0.717, 1.165) is 12.1 Å². The van der Waals surface area contributed by atoms with Crippen molar-refractivity contribution < 1.29 is 24.4 Å². The fourth-order valence-corrected chi connectivity index (χ4v) is 5.56. The first kappa shape index (κ1) is 24.2. The number of thioether (sulfide) groups is 1. The number of aryl methyl sites for hydroxylation is 1. The van der Waals surface area contributed by atoms with Crippen molar-refractivity contribution in [3.8, 4) is 0 Å². The van der Waals surface area contributed by atoms with Crippen LogP contribution in [0.1, 0.15) is 36.2 Å². The number of β-amino-alcohol motifs (C(OH)–C–C–N with tert-alkyl or cyclic N) is 1. The van der Waals surface area contributed by atoms with E-state index in [9.17, 15) is 9.90 Å². The molecule has 0 bridgehead atoms. The number of carbonyl (C=O) groups excluding carboxylic acids is 1. The molecule has 3 N–H and O–H groups in total. The van der Waals surface area contributed by atoms with Gasteiger partial charge in [-0.25, -0.2) is 4.63 Å². The first-order valence-electron chi connectivity index (χ1n) is 10.7. The number of nitrogens with one attached hydrogen (secondary N) is 1. The molecule has 2 aliphatic rings. The van der Waals surface area contributed by atoms with Gasteiger partial charge in [-0.05, 0) is 43.3 Å². The topological polar surface area (TPSA) is 129 Å². The zero-order valence-electron chi connectivity index (χ0n) is 18.1. The van der Waals surface area contributed by atoms with Gasteiger partial charge >= 0.3 is 0 Å². The Labute approximate surface area is 191 Å². The molecule has 174 valence electrons. The maximum atomic E-state index is 12.9. The predicted molar refractivity (Wildman–Crippen MR) is 120 cm³/mol. The zero-order chi connectivity index (χ0) is 23.0. The second-order valence-corrected chi connectivity index (χ2v) is 9.29. The largest absolute Gasteiger partial charge is 0.483 e. The molecular weight excluding hydrogens is 432 g/mol. The van der Waals surface area contributed by atoms with Crippen molar-refractivity contribution in [2.24, 2.45) is 0 Å². The quantitative estimate of drug-likeness (QED) is 0.567. The van der Waals surface area contributed by atoms with E-state index in [1.54, 1.807) is 6.92 Å². The number of aliphatic hydroxyl groups is 1. The lowest BCUT2D eigenvalue weighted by molar-refractivity contribution is -0.127. The molecule has 0 aliphatic carbocycles. The summed E-state index contributed by atoms with van der Waals surface area (Å²) in [5, 5.41) is 28.9. The van der Waals surface area contributed by atoms with Crippen LogP contribution in [0.25, 0.3) is 0 Å². The molecule has 2 saturated heterocycles. The average Bonchev–Trinajstić information content (AvgIpc) is 3.21. The molecule has 2 atom stereocenters. The zero-order valence-corrected chi connectivity index (χ0v) is 19.0. The Kier molecular flexibility index (Phi) is 8.66. The SMILES string of the molecule is Cc1nonc1CC(=O)N[C@]1(c2ccccc2)CCN(C2CCSCC2)C[C@H]1O.O=CO. The van der Waals surface area contributed by atoms with Crippen LogP contribution in [-0.4, -0.2) is 74.5 Å². The van der Waals surface area contributed by atoms with E-state index in [4.69, 9.17) is 14.5 Å². The second kappa shape index (κ2) is 11.4. The van der Waals surface area contributed by atoms with E-state index in [1.165, 1.54) is 24.3 Å². The molecule has 10 heteroatoms. The number of rotatable bonds is 5. The number of hydrogen-bond acceptors (Lipinski definition) is 8. The molecule has 1 amide bonds. The number of likely N-dealkylation sites (tertiary alicyclic amines) is 1. The molecule has 2 fully saturated rings. The molecule has 0 spiro atoms. The summed E-state index contributed by atoms with van der Waals surface area (Å²) in [6, 6.07) is 10.3. The van der Waals surface area contributed by atoms with Gasteiger partial charge in [0.15, 0.2) is 0 Å². The standard InChI is InChI=1S/C21H28N4O3S.CH2O2/c1-15-18(24-28-23-15)13-20(27)22-21(16-5-3-2-4-6-16)9-10-25(14-19(21)26)17-7-11-29-12-8-17;2-1-3/h2-6,17,19,26H,7-14H2,1H3,(H,22,27);1H,(H,2,3)/t19-,21+;/m1./s1. The van der Waals surface area contributed by atoms with Crippen LogP contribution in [-0.2, 0) is 21.5 Å². The van der Waals surface area contributed by atoms with E-state index in [-0.39, 0.29) is 18.8 Å². The Morgan fingerprint density at radius 1 is 1.31 bits per heavy atom. The summed E-state index contributed by atoms with van der Waals surface area (Å²) in [4.78, 5) is 23.7. The van der Waals surface area contributed by atoms with E-state index >= 15 is 0 Å². The van der Waals surface area contributed by atoms with E-state index in [1.807, 2.05) is 42.1 Å². The fourth-order valence-electron chi connectivity index (χ4n) is 4.48. The maximum Gasteiger partial charge on any atom is 0.290 e. The summed E-state index contributed by atoms with van der Waals surface area (Å²) < 4.78 is 4.71. The van der Waals surface area contributed by atoms with Crippen molar-refractivity contribution >= 4 is 24.1 Å². The Hall–Kier alpha value is -2.43. The highest BCUT2D eigenvalue weighted by atomic mass is 32.2. The molecule has 3 heterocycles. The van der Waals surface area contributed by atoms with Crippen molar-refractivity contribution in [1.82, 2.24) is 20.5 Å². The lowest BCUT2D eigenvalue weighted by Crippen LogP contribution is -2.63. The highest BCUT2D eigenvalue weighted by Crippen LogP contribution is 2.36. The van der Waals surface area contributed by atoms with Gasteiger partial charge in [-0.1, -0.05) is 40.6 Å². The lowest BCUT2D eigenvalue weighted by Gasteiger charge is -2.49. The van der Waals surface area contributed by atoms with Crippen LogP contribution in [0.3, 0.4) is 0 Å². The molecule has 2 aliphatic heterocycles. The smallest absolute Gasteiger partial charge is 0.290 e. The molecule has 1 aromatic carbocycles. The van der Waals surface area contributed by atoms with Crippen LogP contribution >= 0.6 is 11.8 Å². The van der Waals surface area contributed by atoms with Gasteiger partial charge in [-0.3, -0.25) is 14.5 Å². The first-order chi connectivity index (χ1) is 15.5. The molecule has 2 aromatic rings. The van der Waals surface area contributed by atoms with Crippen molar-refractivity contribution in [3.63, 3.8) is 0 Å². The predicted octanol–water partition coefficient (Wildman–Crippen LogP) is 1.60. The Morgan fingerprint density at radius 2 is 2.00 bits per heavy atom. The summed E-state index contributed by atoms with van der Waals surface area (Å²) in [7, 11) is 0. The number of aromatic nitrogens is 2. The number of carbonyl (C=O) groups is 2. The van der Waals surface area contributed by atoms with Gasteiger partial charge in [-0.15, -0.1) is 0 Å². The fraction of sp³-hybridized carbons (Fsp3) is 0.545. The third kappa shape index (κ3) is 5.67. The van der Waals surface area contributed by atoms with Crippen LogP contribution in [0.5, 0.6) is 0 Å². The van der Waals surface area contributed by atoms with Crippen molar-refractivity contribution in [1.29, 1.82) is 0 Å². The summed E-state index contributed by atoms with van der Waals surface area (Å²) in [5.74, 6) is 2.18. The minimum atomic E-state index is -0.802. The van der Waals surface area contributed by atoms with Gasteiger partial charge in [0.05, 0.1) is 18.1 Å². The molecule has 32 heavy (non-hydrogen) atoms. The minimum Gasteiger partial charge on any atom is -0.483 e. The number of benzene rings is 1. The number of piperidine rings is 1. The van der Waals surface area contributed by atoms with Crippen molar-refractivity contribution in [2.75, 3.05) is 24.6 Å². The number of aliphatic hydroxyl groups excluding tert-OH is 1. The number of amides is 1. The normalized spacial score (nSPS) is 24.2. The average molecular weight is 463 g/mol. The van der Waals surface area contributed by atoms with Crippen molar-refractivity contribution in [3.05, 3.63) is 47.3 Å². The third-order valence-corrected chi connectivity index (χ3v) is 7.25. The summed E-state index contributed by atoms with van der Waals surface area (Å²) in [6.45, 7) is 2.93. The van der Waals surface area contributed by atoms with Gasteiger partial charge in [0, 0.05) is 19.1 Å². The number of nitrogens with zero attached hydrogens (tertiary/aromatic N) is 3. The second-order valence-electron chi connectivity index (χ2n) is 8.07. The van der Waals surface area contributed by atoms with Gasteiger partial charge in [0.2, 0.25) is 5.91 Å². The molecule has 0 radical (unpaired) electrons. The summed E-state index contributed by atoms with van der Waals surface area (Å²) in [5.41, 5.74) is 1.27. The third-order valence-electron chi connectivity index (χ3n) is 6.20. The van der Waals surface area contributed by atoms with Crippen LogP contribution in [0.15, 0.2) is 35.0 Å². The van der Waals surface area contributed by atoms with E-state index < -0.39 is 11.6 Å². The number of carboxylic acid groups (broad SMARTS) is 1. The van der Waals surface area contributed by atoms with Crippen LogP contribution in [0.4, 0.5) is 0 Å². The van der Waals surface area contributed by atoms with Gasteiger partial charge in [-0.2, -0.15) is 11.8 Å². The van der Waals surface area contributed by atoms with Gasteiger partial charge in [0.25, 0.3) is 6.47 Å². The minimum absolute atomic E-state index is 0.0835. The summed E-state index contributed by atoms with van der Waals surface area (Å²) in [6.07, 6.45) is 2.40. The molecular formula is C22H30N4O5S. The van der Waals surface area contributed by atoms with E-state index in [2.05, 4.69) is 20.5 Å². The van der Waals surface area contributed by atoms with Crippen LogP contribution in [0.2, 0.25) is 0 Å².